The molecule has 0 radical (unpaired) electrons. The third-order valence-electron chi connectivity index (χ3n) is 4.11. The number of ether oxygens (including phenoxy) is 2. The molecule has 0 saturated carbocycles. The molecule has 2 heterocycles. The third-order valence-corrected chi connectivity index (χ3v) is 4.11. The van der Waals surface area contributed by atoms with Crippen molar-refractivity contribution in [1.29, 1.82) is 0 Å². The van der Waals surface area contributed by atoms with E-state index in [-0.39, 0.29) is 6.04 Å². The van der Waals surface area contributed by atoms with Crippen molar-refractivity contribution in [3.63, 3.8) is 0 Å². The van der Waals surface area contributed by atoms with E-state index >= 15 is 0 Å². The number of rotatable bonds is 3. The van der Waals surface area contributed by atoms with Gasteiger partial charge in [0.1, 0.15) is 0 Å². The third kappa shape index (κ3) is 2.47. The van der Waals surface area contributed by atoms with E-state index in [1.165, 1.54) is 16.7 Å². The Bertz CT molecular complexity index is 628. The summed E-state index contributed by atoms with van der Waals surface area (Å²) in [7, 11) is 5.50. The fraction of sp³-hybridized carbons (Fsp3) is 0.353. The predicted octanol–water partition coefficient (Wildman–Crippen LogP) is 2.68. The summed E-state index contributed by atoms with van der Waals surface area (Å²) in [6.45, 7) is 1.02. The number of benzene rings is 1. The fourth-order valence-electron chi connectivity index (χ4n) is 3.04. The topological polar surface area (TPSA) is 34.6 Å². The summed E-state index contributed by atoms with van der Waals surface area (Å²) in [6.07, 6.45) is 4.76. The lowest BCUT2D eigenvalue weighted by atomic mass is 9.89. The molecule has 1 aliphatic heterocycles. The summed E-state index contributed by atoms with van der Waals surface area (Å²) in [6, 6.07) is 8.52. The first-order valence-corrected chi connectivity index (χ1v) is 7.09. The van der Waals surface area contributed by atoms with Crippen LogP contribution in [0, 0.1) is 0 Å². The van der Waals surface area contributed by atoms with Gasteiger partial charge in [0.05, 0.1) is 20.3 Å². The van der Waals surface area contributed by atoms with Crippen LogP contribution in [-0.4, -0.2) is 37.7 Å². The van der Waals surface area contributed by atoms with Gasteiger partial charge in [0.25, 0.3) is 0 Å². The largest absolute Gasteiger partial charge is 0.493 e. The van der Waals surface area contributed by atoms with Gasteiger partial charge in [0, 0.05) is 18.9 Å². The van der Waals surface area contributed by atoms with Crippen LogP contribution >= 0.6 is 0 Å². The summed E-state index contributed by atoms with van der Waals surface area (Å²) in [4.78, 5) is 6.61. The maximum Gasteiger partial charge on any atom is 0.161 e. The molecule has 21 heavy (non-hydrogen) atoms. The maximum atomic E-state index is 5.46. The predicted molar refractivity (Wildman–Crippen MR) is 82.0 cm³/mol. The molecule has 1 aromatic carbocycles. The van der Waals surface area contributed by atoms with E-state index in [0.29, 0.717) is 0 Å². The Morgan fingerprint density at radius 3 is 2.62 bits per heavy atom. The van der Waals surface area contributed by atoms with E-state index in [2.05, 4.69) is 35.1 Å². The van der Waals surface area contributed by atoms with E-state index in [1.807, 2.05) is 18.5 Å². The molecule has 3 rings (SSSR count). The van der Waals surface area contributed by atoms with Crippen LogP contribution in [0.2, 0.25) is 0 Å². The highest BCUT2D eigenvalue weighted by Gasteiger charge is 2.28. The molecule has 0 bridgehead atoms. The Kier molecular flexibility index (Phi) is 3.80. The fourth-order valence-corrected chi connectivity index (χ4v) is 3.04. The standard InChI is InChI=1S/C17H20N2O2/c1-19-8-6-12-9-15(20-2)16(21-3)10-14(12)17(19)13-5-4-7-18-11-13/h4-5,7,9-11,17H,6,8H2,1-3H3/t17-/m0/s1. The molecule has 4 nitrogen and oxygen atoms in total. The molecule has 110 valence electrons. The molecule has 0 aliphatic carbocycles. The summed E-state index contributed by atoms with van der Waals surface area (Å²) in [5, 5.41) is 0. The van der Waals surface area contributed by atoms with E-state index in [9.17, 15) is 0 Å². The number of nitrogens with zero attached hydrogens (tertiary/aromatic N) is 2. The van der Waals surface area contributed by atoms with Crippen LogP contribution in [0.1, 0.15) is 22.7 Å². The Morgan fingerprint density at radius 1 is 1.19 bits per heavy atom. The zero-order valence-electron chi connectivity index (χ0n) is 12.7. The summed E-state index contributed by atoms with van der Waals surface area (Å²) in [5.74, 6) is 1.58. The van der Waals surface area contributed by atoms with Gasteiger partial charge in [-0.25, -0.2) is 0 Å². The Labute approximate surface area is 125 Å². The molecule has 0 spiro atoms. The molecule has 1 aliphatic rings. The second-order valence-corrected chi connectivity index (χ2v) is 5.33. The van der Waals surface area contributed by atoms with Crippen molar-refractivity contribution in [2.24, 2.45) is 0 Å². The lowest BCUT2D eigenvalue weighted by Crippen LogP contribution is -2.33. The number of aromatic nitrogens is 1. The molecule has 0 amide bonds. The second-order valence-electron chi connectivity index (χ2n) is 5.33. The van der Waals surface area contributed by atoms with Crippen molar-refractivity contribution < 1.29 is 9.47 Å². The number of hydrogen-bond acceptors (Lipinski definition) is 4. The molecule has 0 saturated heterocycles. The lowest BCUT2D eigenvalue weighted by molar-refractivity contribution is 0.262. The molecular weight excluding hydrogens is 264 g/mol. The van der Waals surface area contributed by atoms with Crippen LogP contribution in [0.4, 0.5) is 0 Å². The normalized spacial score (nSPS) is 18.1. The molecule has 1 atom stereocenters. The minimum Gasteiger partial charge on any atom is -0.493 e. The Morgan fingerprint density at radius 2 is 1.95 bits per heavy atom. The van der Waals surface area contributed by atoms with Gasteiger partial charge in [-0.3, -0.25) is 9.88 Å². The van der Waals surface area contributed by atoms with Gasteiger partial charge < -0.3 is 9.47 Å². The number of methoxy groups -OCH3 is 2. The Hall–Kier alpha value is -2.07. The quantitative estimate of drug-likeness (QED) is 0.868. The molecule has 0 N–H and O–H groups in total. The number of hydrogen-bond donors (Lipinski definition) is 0. The van der Waals surface area contributed by atoms with Gasteiger partial charge >= 0.3 is 0 Å². The van der Waals surface area contributed by atoms with Crippen LogP contribution in [0.15, 0.2) is 36.7 Å². The maximum absolute atomic E-state index is 5.46. The van der Waals surface area contributed by atoms with E-state index < -0.39 is 0 Å². The van der Waals surface area contributed by atoms with Crippen molar-refractivity contribution in [2.75, 3.05) is 27.8 Å². The average Bonchev–Trinajstić information content (AvgIpc) is 2.54. The molecule has 4 heteroatoms. The minimum absolute atomic E-state index is 0.210. The first kappa shape index (κ1) is 13.9. The second kappa shape index (κ2) is 5.74. The van der Waals surface area contributed by atoms with Gasteiger partial charge in [-0.1, -0.05) is 6.07 Å². The van der Waals surface area contributed by atoms with Gasteiger partial charge in [0.15, 0.2) is 11.5 Å². The number of fused-ring (bicyclic) bond motifs is 1. The number of likely N-dealkylation sites (N-methyl/N-ethyl adjacent to an activating group) is 1. The lowest BCUT2D eigenvalue weighted by Gasteiger charge is -2.35. The molecular formula is C17H20N2O2. The zero-order chi connectivity index (χ0) is 14.8. The first-order chi connectivity index (χ1) is 10.2. The smallest absolute Gasteiger partial charge is 0.161 e. The van der Waals surface area contributed by atoms with Crippen molar-refractivity contribution in [3.8, 4) is 11.5 Å². The summed E-state index contributed by atoms with van der Waals surface area (Å²) >= 11 is 0. The summed E-state index contributed by atoms with van der Waals surface area (Å²) in [5.41, 5.74) is 3.79. The Balaban J connectivity index is 2.13. The summed E-state index contributed by atoms with van der Waals surface area (Å²) < 4.78 is 10.9. The van der Waals surface area contributed by atoms with E-state index in [4.69, 9.17) is 9.47 Å². The molecule has 1 aromatic heterocycles. The van der Waals surface area contributed by atoms with Gasteiger partial charge in [0.2, 0.25) is 0 Å². The van der Waals surface area contributed by atoms with E-state index in [0.717, 1.165) is 24.5 Å². The molecule has 0 fully saturated rings. The molecule has 0 unspecified atom stereocenters. The van der Waals surface area contributed by atoms with Gasteiger partial charge in [-0.05, 0) is 48.4 Å². The van der Waals surface area contributed by atoms with Crippen LogP contribution in [0.5, 0.6) is 11.5 Å². The highest BCUT2D eigenvalue weighted by molar-refractivity contribution is 5.51. The van der Waals surface area contributed by atoms with E-state index in [1.54, 1.807) is 14.2 Å². The SMILES string of the molecule is COc1cc2c(cc1OC)[C@H](c1cccnc1)N(C)CC2. The number of pyridine rings is 1. The van der Waals surface area contributed by atoms with Gasteiger partial charge in [-0.15, -0.1) is 0 Å². The van der Waals surface area contributed by atoms with Gasteiger partial charge in [-0.2, -0.15) is 0 Å². The first-order valence-electron chi connectivity index (χ1n) is 7.09. The van der Waals surface area contributed by atoms with Crippen molar-refractivity contribution in [2.45, 2.75) is 12.5 Å². The highest BCUT2D eigenvalue weighted by atomic mass is 16.5. The van der Waals surface area contributed by atoms with Crippen LogP contribution in [0.3, 0.4) is 0 Å². The van der Waals surface area contributed by atoms with Crippen LogP contribution < -0.4 is 9.47 Å². The van der Waals surface area contributed by atoms with Crippen LogP contribution in [-0.2, 0) is 6.42 Å². The highest BCUT2D eigenvalue weighted by Crippen LogP contribution is 2.40. The van der Waals surface area contributed by atoms with Crippen molar-refractivity contribution in [3.05, 3.63) is 53.3 Å². The molecule has 2 aromatic rings. The minimum atomic E-state index is 0.210. The van der Waals surface area contributed by atoms with Crippen LogP contribution in [0.25, 0.3) is 0 Å². The van der Waals surface area contributed by atoms with Crippen molar-refractivity contribution in [1.82, 2.24) is 9.88 Å². The van der Waals surface area contributed by atoms with Crippen molar-refractivity contribution >= 4 is 0 Å². The monoisotopic (exact) mass is 284 g/mol. The zero-order valence-corrected chi connectivity index (χ0v) is 12.7. The average molecular weight is 284 g/mol.